The first-order chi connectivity index (χ1) is 14.7. The lowest BCUT2D eigenvalue weighted by Crippen LogP contribution is -2.39. The van der Waals surface area contributed by atoms with Crippen molar-refractivity contribution in [1.29, 1.82) is 0 Å². The Morgan fingerprint density at radius 1 is 1.03 bits per heavy atom. The molecule has 1 aromatic heterocycles. The first kappa shape index (κ1) is 22.2. The van der Waals surface area contributed by atoms with Crippen molar-refractivity contribution in [2.75, 3.05) is 31.1 Å². The van der Waals surface area contributed by atoms with E-state index >= 15 is 0 Å². The number of aromatic amines is 1. The number of aromatic nitrogens is 1. The quantitative estimate of drug-likeness (QED) is 0.526. The number of fused-ring (bicyclic) bond motifs is 2. The van der Waals surface area contributed by atoms with Gasteiger partial charge < -0.3 is 14.8 Å². The van der Waals surface area contributed by atoms with Crippen LogP contribution in [0.1, 0.15) is 42.7 Å². The minimum absolute atomic E-state index is 0. The molecule has 0 radical (unpaired) electrons. The van der Waals surface area contributed by atoms with Crippen LogP contribution >= 0.6 is 24.0 Å². The summed E-state index contributed by atoms with van der Waals surface area (Å²) in [5.41, 5.74) is 4.99. The zero-order chi connectivity index (χ0) is 20.5. The van der Waals surface area contributed by atoms with Gasteiger partial charge in [0, 0.05) is 40.8 Å². The fourth-order valence-electron chi connectivity index (χ4n) is 5.11. The van der Waals surface area contributed by atoms with Gasteiger partial charge in [0.15, 0.2) is 0 Å². The van der Waals surface area contributed by atoms with Gasteiger partial charge in [0.25, 0.3) is 0 Å². The third-order valence-corrected chi connectivity index (χ3v) is 6.99. The predicted molar refractivity (Wildman–Crippen MR) is 131 cm³/mol. The van der Waals surface area contributed by atoms with Gasteiger partial charge in [0.1, 0.15) is 0 Å². The van der Waals surface area contributed by atoms with Crippen LogP contribution in [-0.4, -0.2) is 42.0 Å². The number of halogens is 2. The highest BCUT2D eigenvalue weighted by molar-refractivity contribution is 6.31. The third-order valence-electron chi connectivity index (χ3n) is 6.75. The van der Waals surface area contributed by atoms with E-state index in [9.17, 15) is 4.79 Å². The molecule has 0 saturated carbocycles. The number of aryl methyl sites for hydroxylation is 1. The summed E-state index contributed by atoms with van der Waals surface area (Å²) in [7, 11) is 0. The lowest BCUT2D eigenvalue weighted by Gasteiger charge is -2.33. The van der Waals surface area contributed by atoms with Gasteiger partial charge in [-0.3, -0.25) is 4.79 Å². The highest BCUT2D eigenvalue weighted by Gasteiger charge is 2.25. The van der Waals surface area contributed by atoms with E-state index in [0.717, 1.165) is 49.7 Å². The summed E-state index contributed by atoms with van der Waals surface area (Å²) in [5, 5.41) is 2.07. The molecule has 2 aliphatic heterocycles. The zero-order valence-electron chi connectivity index (χ0n) is 17.6. The number of hydrogen-bond acceptors (Lipinski definition) is 2. The third kappa shape index (κ3) is 4.62. The molecular weight excluding hydrogens is 429 g/mol. The van der Waals surface area contributed by atoms with E-state index in [1.807, 2.05) is 17.0 Å². The van der Waals surface area contributed by atoms with Crippen LogP contribution in [0.3, 0.4) is 0 Å². The molecule has 6 heteroatoms. The van der Waals surface area contributed by atoms with E-state index in [2.05, 4.69) is 46.4 Å². The van der Waals surface area contributed by atoms with Crippen LogP contribution in [0.5, 0.6) is 0 Å². The van der Waals surface area contributed by atoms with Crippen molar-refractivity contribution in [2.24, 2.45) is 0 Å². The minimum atomic E-state index is 0. The maximum Gasteiger partial charge on any atom is 0.227 e. The van der Waals surface area contributed by atoms with Crippen LogP contribution in [-0.2, 0) is 11.2 Å². The number of nitrogens with zero attached hydrogens (tertiary/aromatic N) is 2. The normalized spacial score (nSPS) is 17.6. The van der Waals surface area contributed by atoms with Crippen molar-refractivity contribution in [3.05, 3.63) is 64.8 Å². The van der Waals surface area contributed by atoms with Gasteiger partial charge in [-0.25, -0.2) is 0 Å². The van der Waals surface area contributed by atoms with Crippen molar-refractivity contribution < 1.29 is 4.79 Å². The van der Waals surface area contributed by atoms with Crippen molar-refractivity contribution in [3.8, 4) is 0 Å². The number of amides is 1. The van der Waals surface area contributed by atoms with Crippen LogP contribution in [0.2, 0.25) is 5.02 Å². The smallest absolute Gasteiger partial charge is 0.227 e. The molecule has 0 aliphatic carbocycles. The van der Waals surface area contributed by atoms with Crippen LogP contribution in [0.15, 0.2) is 48.7 Å². The number of H-pyrrole nitrogens is 1. The number of nitrogens with one attached hydrogen (secondary N) is 1. The number of carbonyl (C=O) groups is 1. The van der Waals surface area contributed by atoms with Crippen LogP contribution < -0.4 is 4.90 Å². The van der Waals surface area contributed by atoms with Crippen molar-refractivity contribution >= 4 is 46.5 Å². The summed E-state index contributed by atoms with van der Waals surface area (Å²) in [6, 6.07) is 14.4. The van der Waals surface area contributed by atoms with E-state index in [1.165, 1.54) is 34.9 Å². The minimum Gasteiger partial charge on any atom is -0.361 e. The Labute approximate surface area is 195 Å². The molecule has 2 aliphatic rings. The highest BCUT2D eigenvalue weighted by atomic mass is 35.5. The fraction of sp³-hybridized carbons (Fsp3) is 0.400. The maximum atomic E-state index is 12.4. The molecule has 3 heterocycles. The average Bonchev–Trinajstić information content (AvgIpc) is 3.19. The predicted octanol–water partition coefficient (Wildman–Crippen LogP) is 5.79. The number of benzene rings is 2. The molecule has 5 rings (SSSR count). The number of para-hydroxylation sites is 1. The Balaban J connectivity index is 0.00000231. The molecule has 31 heavy (non-hydrogen) atoms. The molecule has 3 aromatic rings. The lowest BCUT2D eigenvalue weighted by atomic mass is 9.89. The topological polar surface area (TPSA) is 39.3 Å². The van der Waals surface area contributed by atoms with E-state index in [-0.39, 0.29) is 18.3 Å². The molecule has 1 amide bonds. The summed E-state index contributed by atoms with van der Waals surface area (Å²) >= 11 is 6.22. The van der Waals surface area contributed by atoms with E-state index in [0.29, 0.717) is 12.3 Å². The van der Waals surface area contributed by atoms with Crippen LogP contribution in [0.25, 0.3) is 10.9 Å². The number of rotatable bonds is 5. The highest BCUT2D eigenvalue weighted by Crippen LogP contribution is 2.34. The zero-order valence-corrected chi connectivity index (χ0v) is 19.2. The van der Waals surface area contributed by atoms with E-state index in [1.54, 1.807) is 0 Å². The van der Waals surface area contributed by atoms with Gasteiger partial charge >= 0.3 is 0 Å². The number of piperidine rings is 1. The Bertz CT molecular complexity index is 1060. The molecule has 164 valence electrons. The summed E-state index contributed by atoms with van der Waals surface area (Å²) in [4.78, 5) is 20.4. The molecule has 1 fully saturated rings. The molecule has 4 nitrogen and oxygen atoms in total. The molecule has 1 N–H and O–H groups in total. The standard InChI is InChI=1S/C25H28ClN3O.ClH/c26-20-7-8-23-21(16-20)22(17-27-23)18-10-14-28(15-11-18)12-3-13-29-24-5-2-1-4-19(24)6-9-25(29)30;/h1-2,4-5,7-8,16-18,27H,3,6,9-15H2;1H. The lowest BCUT2D eigenvalue weighted by molar-refractivity contribution is -0.118. The van der Waals surface area contributed by atoms with E-state index in [4.69, 9.17) is 11.6 Å². The van der Waals surface area contributed by atoms with Crippen LogP contribution in [0, 0.1) is 0 Å². The first-order valence-electron chi connectivity index (χ1n) is 11.1. The van der Waals surface area contributed by atoms with Crippen molar-refractivity contribution in [2.45, 2.75) is 38.0 Å². The summed E-state index contributed by atoms with van der Waals surface area (Å²) in [6.07, 6.45) is 7.04. The SMILES string of the molecule is Cl.O=C1CCc2ccccc2N1CCCN1CCC(c2c[nH]c3ccc(Cl)cc23)CC1. The molecule has 2 aromatic carbocycles. The Morgan fingerprint density at radius 2 is 1.84 bits per heavy atom. The molecular formula is C25H29Cl2N3O. The number of anilines is 1. The van der Waals surface area contributed by atoms with Gasteiger partial charge in [-0.2, -0.15) is 0 Å². The monoisotopic (exact) mass is 457 g/mol. The van der Waals surface area contributed by atoms with Gasteiger partial charge in [0.2, 0.25) is 5.91 Å². The second kappa shape index (κ2) is 9.64. The molecule has 0 bridgehead atoms. The second-order valence-corrected chi connectivity index (χ2v) is 9.01. The number of likely N-dealkylation sites (tertiary alicyclic amines) is 1. The summed E-state index contributed by atoms with van der Waals surface area (Å²) < 4.78 is 0. The van der Waals surface area contributed by atoms with Gasteiger partial charge in [-0.1, -0.05) is 29.8 Å². The Kier molecular flexibility index (Phi) is 6.90. The average molecular weight is 458 g/mol. The fourth-order valence-corrected chi connectivity index (χ4v) is 5.29. The Hall–Kier alpha value is -2.01. The van der Waals surface area contributed by atoms with Gasteiger partial charge in [0.05, 0.1) is 0 Å². The molecule has 0 atom stereocenters. The number of hydrogen-bond donors (Lipinski definition) is 1. The Morgan fingerprint density at radius 3 is 2.68 bits per heavy atom. The van der Waals surface area contributed by atoms with Crippen LogP contribution in [0.4, 0.5) is 5.69 Å². The van der Waals surface area contributed by atoms with E-state index < -0.39 is 0 Å². The van der Waals surface area contributed by atoms with Crippen molar-refractivity contribution in [1.82, 2.24) is 9.88 Å². The maximum absolute atomic E-state index is 12.4. The van der Waals surface area contributed by atoms with Gasteiger partial charge in [-0.05, 0) is 86.6 Å². The van der Waals surface area contributed by atoms with Gasteiger partial charge in [-0.15, -0.1) is 12.4 Å². The molecule has 1 saturated heterocycles. The number of carbonyl (C=O) groups excluding carboxylic acids is 1. The molecule has 0 spiro atoms. The largest absolute Gasteiger partial charge is 0.361 e. The summed E-state index contributed by atoms with van der Waals surface area (Å²) in [6.45, 7) is 4.10. The van der Waals surface area contributed by atoms with Crippen molar-refractivity contribution in [3.63, 3.8) is 0 Å². The second-order valence-electron chi connectivity index (χ2n) is 8.58. The molecule has 0 unspecified atom stereocenters. The summed E-state index contributed by atoms with van der Waals surface area (Å²) in [5.74, 6) is 0.856. The first-order valence-corrected chi connectivity index (χ1v) is 11.4.